The highest BCUT2D eigenvalue weighted by molar-refractivity contribution is 5.70. The average molecular weight is 421 g/mol. The molecule has 2 atom stereocenters. The van der Waals surface area contributed by atoms with Crippen LogP contribution in [0.5, 0.6) is 5.75 Å². The number of nitrogens with one attached hydrogen (secondary N) is 1. The number of methoxy groups -OCH3 is 1. The van der Waals surface area contributed by atoms with Crippen molar-refractivity contribution in [1.29, 1.82) is 0 Å². The van der Waals surface area contributed by atoms with Crippen LogP contribution in [0.1, 0.15) is 43.9 Å². The Labute approximate surface area is 184 Å². The molecule has 5 nitrogen and oxygen atoms in total. The molecule has 4 aliphatic rings. The zero-order chi connectivity index (χ0) is 21.6. The second-order valence-corrected chi connectivity index (χ2v) is 9.97. The first-order valence-electron chi connectivity index (χ1n) is 11.4. The van der Waals surface area contributed by atoms with E-state index in [-0.39, 0.29) is 23.7 Å². The normalized spacial score (nSPS) is 28.1. The summed E-state index contributed by atoms with van der Waals surface area (Å²) in [7, 11) is 1.68. The van der Waals surface area contributed by atoms with Gasteiger partial charge in [-0.25, -0.2) is 4.79 Å². The molecule has 3 heterocycles. The number of amides is 1. The zero-order valence-corrected chi connectivity index (χ0v) is 18.7. The number of fused-ring (bicyclic) bond motifs is 4. The minimum Gasteiger partial charge on any atom is -0.497 e. The minimum atomic E-state index is -0.274. The van der Waals surface area contributed by atoms with Gasteiger partial charge in [-0.05, 0) is 78.1 Å². The molecule has 5 heteroatoms. The largest absolute Gasteiger partial charge is 0.497 e. The lowest BCUT2D eigenvalue weighted by atomic mass is 9.85. The molecule has 2 bridgehead atoms. The maximum Gasteiger partial charge on any atom is 0.407 e. The first kappa shape index (κ1) is 20.4. The van der Waals surface area contributed by atoms with Crippen molar-refractivity contribution in [1.82, 2.24) is 10.2 Å². The van der Waals surface area contributed by atoms with Crippen molar-refractivity contribution in [3.8, 4) is 16.9 Å². The van der Waals surface area contributed by atoms with Crippen LogP contribution in [0.4, 0.5) is 4.79 Å². The van der Waals surface area contributed by atoms with Gasteiger partial charge in [-0.15, -0.1) is 0 Å². The molecule has 3 aliphatic heterocycles. The van der Waals surface area contributed by atoms with E-state index in [4.69, 9.17) is 9.47 Å². The lowest BCUT2D eigenvalue weighted by Crippen LogP contribution is -2.53. The average Bonchev–Trinajstić information content (AvgIpc) is 3.03. The number of alkyl carbamates (subject to hydrolysis) is 1. The predicted octanol–water partition coefficient (Wildman–Crippen LogP) is 4.81. The molecule has 0 radical (unpaired) electrons. The Kier molecular flexibility index (Phi) is 5.17. The van der Waals surface area contributed by atoms with Crippen LogP contribution >= 0.6 is 0 Å². The highest BCUT2D eigenvalue weighted by atomic mass is 16.6. The fourth-order valence-corrected chi connectivity index (χ4v) is 5.62. The number of nitrogens with zero attached hydrogens (tertiary/aromatic N) is 1. The molecular weight excluding hydrogens is 388 g/mol. The summed E-state index contributed by atoms with van der Waals surface area (Å²) in [6.45, 7) is 7.61. The molecule has 1 unspecified atom stereocenters. The van der Waals surface area contributed by atoms with Crippen LogP contribution in [-0.2, 0) is 11.2 Å². The summed E-state index contributed by atoms with van der Waals surface area (Å²) < 4.78 is 11.2. The Morgan fingerprint density at radius 2 is 1.77 bits per heavy atom. The standard InChI is InChI=1S/C26H32N2O3/c1-26(2)15-20-14-19(17-4-7-21(30-3)8-5-17)6-9-22(20)24(26)27-25(29)31-23-16-28-12-10-18(23)11-13-28/h4-9,14,18,23-24H,10-13,15-16H2,1-3H3,(H,27,29)/t23-,24?/m1/s1. The smallest absolute Gasteiger partial charge is 0.407 e. The summed E-state index contributed by atoms with van der Waals surface area (Å²) in [6.07, 6.45) is 2.97. The summed E-state index contributed by atoms with van der Waals surface area (Å²) >= 11 is 0. The molecule has 3 saturated heterocycles. The van der Waals surface area contributed by atoms with E-state index in [0.717, 1.165) is 44.6 Å². The number of rotatable bonds is 4. The Bertz CT molecular complexity index is 961. The number of hydrogen-bond donors (Lipinski definition) is 1. The van der Waals surface area contributed by atoms with Crippen LogP contribution in [0.15, 0.2) is 42.5 Å². The Morgan fingerprint density at radius 1 is 1.06 bits per heavy atom. The van der Waals surface area contributed by atoms with Gasteiger partial charge in [-0.3, -0.25) is 4.90 Å². The summed E-state index contributed by atoms with van der Waals surface area (Å²) in [5.41, 5.74) is 4.79. The first-order chi connectivity index (χ1) is 14.9. The minimum absolute atomic E-state index is 0.0314. The quantitative estimate of drug-likeness (QED) is 0.772. The number of carbonyl (C=O) groups is 1. The van der Waals surface area contributed by atoms with E-state index in [1.807, 2.05) is 12.1 Å². The second kappa shape index (κ2) is 7.86. The van der Waals surface area contributed by atoms with Crippen molar-refractivity contribution in [3.63, 3.8) is 0 Å². The van der Waals surface area contributed by atoms with Crippen molar-refractivity contribution in [3.05, 3.63) is 53.6 Å². The molecule has 1 amide bonds. The number of piperidine rings is 3. The molecule has 31 heavy (non-hydrogen) atoms. The molecule has 0 aromatic heterocycles. The van der Waals surface area contributed by atoms with Crippen LogP contribution in [-0.4, -0.2) is 43.8 Å². The highest BCUT2D eigenvalue weighted by Gasteiger charge is 2.42. The molecule has 1 N–H and O–H groups in total. The van der Waals surface area contributed by atoms with E-state index in [1.54, 1.807) is 7.11 Å². The van der Waals surface area contributed by atoms with Crippen molar-refractivity contribution < 1.29 is 14.3 Å². The van der Waals surface area contributed by atoms with Crippen LogP contribution in [0.2, 0.25) is 0 Å². The van der Waals surface area contributed by atoms with Crippen LogP contribution in [0, 0.1) is 11.3 Å². The summed E-state index contributed by atoms with van der Waals surface area (Å²) in [5.74, 6) is 1.38. The number of carbonyl (C=O) groups excluding carboxylic acids is 1. The molecule has 1 aliphatic carbocycles. The zero-order valence-electron chi connectivity index (χ0n) is 18.7. The van der Waals surface area contributed by atoms with Crippen molar-refractivity contribution >= 4 is 6.09 Å². The van der Waals surface area contributed by atoms with Gasteiger partial charge < -0.3 is 14.8 Å². The molecule has 0 saturated carbocycles. The Hall–Kier alpha value is -2.53. The van der Waals surface area contributed by atoms with Crippen molar-refractivity contribution in [2.75, 3.05) is 26.7 Å². The van der Waals surface area contributed by atoms with E-state index in [1.165, 1.54) is 22.3 Å². The summed E-state index contributed by atoms with van der Waals surface area (Å²) in [6, 6.07) is 14.7. The van der Waals surface area contributed by atoms with Crippen molar-refractivity contribution in [2.45, 2.75) is 45.3 Å². The lowest BCUT2D eigenvalue weighted by Gasteiger charge is -2.44. The number of ether oxygens (including phenoxy) is 2. The Morgan fingerprint density at radius 3 is 2.42 bits per heavy atom. The van der Waals surface area contributed by atoms with Gasteiger partial charge in [-0.2, -0.15) is 0 Å². The van der Waals surface area contributed by atoms with Gasteiger partial charge in [-0.1, -0.05) is 44.2 Å². The number of benzene rings is 2. The van der Waals surface area contributed by atoms with Gasteiger partial charge in [0.1, 0.15) is 11.9 Å². The first-order valence-corrected chi connectivity index (χ1v) is 11.4. The fraction of sp³-hybridized carbons (Fsp3) is 0.500. The van der Waals surface area contributed by atoms with Gasteiger partial charge in [0.05, 0.1) is 13.2 Å². The van der Waals surface area contributed by atoms with E-state index in [9.17, 15) is 4.79 Å². The summed E-state index contributed by atoms with van der Waals surface area (Å²) in [4.78, 5) is 15.2. The van der Waals surface area contributed by atoms with E-state index < -0.39 is 0 Å². The van der Waals surface area contributed by atoms with Crippen LogP contribution in [0.3, 0.4) is 0 Å². The number of hydrogen-bond acceptors (Lipinski definition) is 4. The SMILES string of the molecule is COc1ccc(-c2ccc3c(c2)CC(C)(C)C3NC(=O)O[C@@H]2CN3CCC2CC3)cc1. The predicted molar refractivity (Wildman–Crippen MR) is 121 cm³/mol. The van der Waals surface area contributed by atoms with Gasteiger partial charge in [0, 0.05) is 6.54 Å². The maximum atomic E-state index is 12.8. The molecule has 164 valence electrons. The van der Waals surface area contributed by atoms with Gasteiger partial charge in [0.15, 0.2) is 0 Å². The van der Waals surface area contributed by atoms with Gasteiger partial charge in [0.25, 0.3) is 0 Å². The van der Waals surface area contributed by atoms with E-state index in [2.05, 4.69) is 54.4 Å². The molecule has 6 rings (SSSR count). The molecule has 2 aromatic rings. The monoisotopic (exact) mass is 420 g/mol. The third-order valence-electron chi connectivity index (χ3n) is 7.42. The molecular formula is C26H32N2O3. The fourth-order valence-electron chi connectivity index (χ4n) is 5.62. The van der Waals surface area contributed by atoms with Crippen LogP contribution in [0.25, 0.3) is 11.1 Å². The molecule has 3 fully saturated rings. The maximum absolute atomic E-state index is 12.8. The molecule has 2 aromatic carbocycles. The third kappa shape index (κ3) is 3.91. The second-order valence-electron chi connectivity index (χ2n) is 9.97. The van der Waals surface area contributed by atoms with Crippen LogP contribution < -0.4 is 10.1 Å². The molecule has 0 spiro atoms. The topological polar surface area (TPSA) is 50.8 Å². The van der Waals surface area contributed by atoms with Gasteiger partial charge in [0.2, 0.25) is 0 Å². The van der Waals surface area contributed by atoms with Crippen molar-refractivity contribution in [2.24, 2.45) is 11.3 Å². The highest BCUT2D eigenvalue weighted by Crippen LogP contribution is 2.46. The van der Waals surface area contributed by atoms with Gasteiger partial charge >= 0.3 is 6.09 Å². The van der Waals surface area contributed by atoms with E-state index in [0.29, 0.717) is 5.92 Å². The third-order valence-corrected chi connectivity index (χ3v) is 7.42. The lowest BCUT2D eigenvalue weighted by molar-refractivity contribution is -0.0348. The summed E-state index contributed by atoms with van der Waals surface area (Å²) in [5, 5.41) is 3.21. The Balaban J connectivity index is 1.31. The van der Waals surface area contributed by atoms with E-state index >= 15 is 0 Å².